The quantitative estimate of drug-likeness (QED) is 0.275. The SMILES string of the molecule is CCC(=O)NC1CCCCCC1.CCC(=O)Nc1ccc(OC)cc1.CCC(=O)Nc1nc2ccccc2s1. The normalized spacial score (nSPS) is 13.0. The Morgan fingerprint density at radius 2 is 1.41 bits per heavy atom. The largest absolute Gasteiger partial charge is 0.497 e. The third-order valence-corrected chi connectivity index (χ3v) is 7.05. The second-order valence-electron chi connectivity index (χ2n) is 9.13. The van der Waals surface area contributed by atoms with Gasteiger partial charge in [-0.15, -0.1) is 0 Å². The summed E-state index contributed by atoms with van der Waals surface area (Å²) in [4.78, 5) is 37.5. The van der Waals surface area contributed by atoms with Crippen LogP contribution in [0.3, 0.4) is 0 Å². The van der Waals surface area contributed by atoms with Crippen LogP contribution in [-0.4, -0.2) is 35.9 Å². The number of carbonyl (C=O) groups is 3. The van der Waals surface area contributed by atoms with E-state index in [4.69, 9.17) is 4.74 Å². The van der Waals surface area contributed by atoms with Crippen molar-refractivity contribution in [2.45, 2.75) is 84.6 Å². The molecule has 1 heterocycles. The van der Waals surface area contributed by atoms with E-state index in [-0.39, 0.29) is 17.7 Å². The van der Waals surface area contributed by atoms with Crippen LogP contribution in [-0.2, 0) is 14.4 Å². The smallest absolute Gasteiger partial charge is 0.225 e. The van der Waals surface area contributed by atoms with Crippen molar-refractivity contribution in [3.05, 3.63) is 48.5 Å². The van der Waals surface area contributed by atoms with E-state index in [0.717, 1.165) is 21.7 Å². The number of methoxy groups -OCH3 is 1. The standard InChI is InChI=1S/C10H10N2OS.C10H13NO2.C10H19NO/c1-2-9(13)12-10-11-7-5-3-4-6-8(7)14-10;1-3-10(12)11-8-4-6-9(13-2)7-5-8;1-2-10(12)11-9-7-5-3-4-6-8-9/h3-6H,2H2,1H3,(H,11,12,13);4-7H,3H2,1-2H3,(H,11,12);9H,2-8H2,1H3,(H,11,12). The fraction of sp³-hybridized carbons (Fsp3) is 0.467. The van der Waals surface area contributed by atoms with Crippen molar-refractivity contribution < 1.29 is 19.1 Å². The molecule has 1 aliphatic rings. The second-order valence-corrected chi connectivity index (χ2v) is 10.2. The van der Waals surface area contributed by atoms with E-state index in [2.05, 4.69) is 20.9 Å². The van der Waals surface area contributed by atoms with E-state index in [1.165, 1.54) is 49.9 Å². The van der Waals surface area contributed by atoms with Crippen molar-refractivity contribution in [3.8, 4) is 5.75 Å². The summed E-state index contributed by atoms with van der Waals surface area (Å²) in [5.74, 6) is 1.02. The van der Waals surface area contributed by atoms with Gasteiger partial charge in [-0.2, -0.15) is 0 Å². The van der Waals surface area contributed by atoms with Crippen molar-refractivity contribution >= 4 is 50.1 Å². The maximum absolute atomic E-state index is 11.1. The number of nitrogens with zero attached hydrogens (tertiary/aromatic N) is 1. The maximum Gasteiger partial charge on any atom is 0.225 e. The number of aromatic nitrogens is 1. The predicted octanol–water partition coefficient (Wildman–Crippen LogP) is 6.92. The molecule has 1 fully saturated rings. The fourth-order valence-electron chi connectivity index (χ4n) is 3.81. The number of hydrogen-bond acceptors (Lipinski definition) is 6. The molecule has 3 amide bonds. The highest BCUT2D eigenvalue weighted by molar-refractivity contribution is 7.22. The van der Waals surface area contributed by atoms with Gasteiger partial charge in [-0.1, -0.05) is 69.9 Å². The van der Waals surface area contributed by atoms with Crippen molar-refractivity contribution in [2.75, 3.05) is 17.7 Å². The Kier molecular flexibility index (Phi) is 14.6. The molecule has 8 nitrogen and oxygen atoms in total. The fourth-order valence-corrected chi connectivity index (χ4v) is 4.69. The molecule has 3 aromatic rings. The molecule has 0 aliphatic heterocycles. The molecule has 0 atom stereocenters. The van der Waals surface area contributed by atoms with Gasteiger partial charge in [-0.05, 0) is 49.2 Å². The van der Waals surface area contributed by atoms with Crippen LogP contribution in [0.1, 0.15) is 78.6 Å². The molecule has 0 saturated heterocycles. The van der Waals surface area contributed by atoms with Gasteiger partial charge < -0.3 is 20.7 Å². The summed E-state index contributed by atoms with van der Waals surface area (Å²) < 4.78 is 6.08. The number of benzene rings is 2. The van der Waals surface area contributed by atoms with Gasteiger partial charge in [-0.3, -0.25) is 14.4 Å². The lowest BCUT2D eigenvalue weighted by molar-refractivity contribution is -0.121. The van der Waals surface area contributed by atoms with E-state index < -0.39 is 0 Å². The highest BCUT2D eigenvalue weighted by Crippen LogP contribution is 2.25. The number of thiazole rings is 1. The molecule has 39 heavy (non-hydrogen) atoms. The molecule has 0 spiro atoms. The van der Waals surface area contributed by atoms with Gasteiger partial charge in [0.25, 0.3) is 0 Å². The van der Waals surface area contributed by atoms with Gasteiger partial charge in [0, 0.05) is 31.0 Å². The Hall–Kier alpha value is -3.46. The first-order valence-corrected chi connectivity index (χ1v) is 14.6. The Balaban J connectivity index is 0.000000206. The molecule has 0 radical (unpaired) electrons. The van der Waals surface area contributed by atoms with E-state index in [1.54, 1.807) is 7.11 Å². The Labute approximate surface area is 235 Å². The van der Waals surface area contributed by atoms with Gasteiger partial charge in [0.1, 0.15) is 5.75 Å². The average Bonchev–Trinajstić information content (AvgIpc) is 3.19. The molecule has 1 aliphatic carbocycles. The number of nitrogens with one attached hydrogen (secondary N) is 3. The van der Waals surface area contributed by atoms with Gasteiger partial charge in [-0.25, -0.2) is 4.98 Å². The molecular formula is C30H42N4O4S. The van der Waals surface area contributed by atoms with Crippen LogP contribution in [0.2, 0.25) is 0 Å². The molecular weight excluding hydrogens is 512 g/mol. The number of ether oxygens (including phenoxy) is 1. The van der Waals surface area contributed by atoms with E-state index >= 15 is 0 Å². The summed E-state index contributed by atoms with van der Waals surface area (Å²) in [5, 5.41) is 9.25. The summed E-state index contributed by atoms with van der Waals surface area (Å²) >= 11 is 1.50. The highest BCUT2D eigenvalue weighted by Gasteiger charge is 2.13. The minimum absolute atomic E-state index is 0.00376. The number of rotatable bonds is 7. The number of carbonyl (C=O) groups excluding carboxylic acids is 3. The zero-order valence-electron chi connectivity index (χ0n) is 23.5. The molecule has 1 aromatic heterocycles. The summed E-state index contributed by atoms with van der Waals surface area (Å²) in [5.41, 5.74) is 1.73. The highest BCUT2D eigenvalue weighted by atomic mass is 32.1. The zero-order chi connectivity index (χ0) is 28.5. The van der Waals surface area contributed by atoms with Gasteiger partial charge >= 0.3 is 0 Å². The van der Waals surface area contributed by atoms with Crippen molar-refractivity contribution in [3.63, 3.8) is 0 Å². The molecule has 3 N–H and O–H groups in total. The summed E-state index contributed by atoms with van der Waals surface area (Å²) in [7, 11) is 1.61. The first kappa shape index (κ1) is 31.8. The molecule has 212 valence electrons. The minimum atomic E-state index is 0.00376. The first-order valence-electron chi connectivity index (χ1n) is 13.8. The Bertz CT molecular complexity index is 1120. The summed E-state index contributed by atoms with van der Waals surface area (Å²) in [6, 6.07) is 15.6. The monoisotopic (exact) mass is 554 g/mol. The Morgan fingerprint density at radius 1 is 0.821 bits per heavy atom. The third kappa shape index (κ3) is 12.3. The van der Waals surface area contributed by atoms with Crippen LogP contribution in [0.25, 0.3) is 10.2 Å². The van der Waals surface area contributed by atoms with Crippen molar-refractivity contribution in [1.82, 2.24) is 10.3 Å². The topological polar surface area (TPSA) is 109 Å². The third-order valence-electron chi connectivity index (χ3n) is 6.10. The minimum Gasteiger partial charge on any atom is -0.497 e. The molecule has 9 heteroatoms. The van der Waals surface area contributed by atoms with Crippen LogP contribution in [0.15, 0.2) is 48.5 Å². The number of hydrogen-bond donors (Lipinski definition) is 3. The van der Waals surface area contributed by atoms with Crippen LogP contribution < -0.4 is 20.7 Å². The predicted molar refractivity (Wildman–Crippen MR) is 160 cm³/mol. The summed E-state index contributed by atoms with van der Waals surface area (Å²) in [6.07, 6.45) is 9.23. The number of para-hydroxylation sites is 1. The van der Waals surface area contributed by atoms with Gasteiger partial charge in [0.2, 0.25) is 17.7 Å². The maximum atomic E-state index is 11.1. The summed E-state index contributed by atoms with van der Waals surface area (Å²) in [6.45, 7) is 5.55. The van der Waals surface area contributed by atoms with E-state index in [9.17, 15) is 14.4 Å². The molecule has 2 aromatic carbocycles. The number of amides is 3. The number of fused-ring (bicyclic) bond motifs is 1. The van der Waals surface area contributed by atoms with Crippen LogP contribution in [0, 0.1) is 0 Å². The number of anilines is 2. The van der Waals surface area contributed by atoms with Gasteiger partial charge in [0.05, 0.1) is 17.3 Å². The van der Waals surface area contributed by atoms with Crippen molar-refractivity contribution in [2.24, 2.45) is 0 Å². The molecule has 0 unspecified atom stereocenters. The lowest BCUT2D eigenvalue weighted by Gasteiger charge is -2.15. The van der Waals surface area contributed by atoms with Crippen LogP contribution >= 0.6 is 11.3 Å². The Morgan fingerprint density at radius 3 is 1.97 bits per heavy atom. The molecule has 4 rings (SSSR count). The average molecular weight is 555 g/mol. The first-order chi connectivity index (χ1) is 18.9. The lowest BCUT2D eigenvalue weighted by atomic mass is 10.1. The molecule has 1 saturated carbocycles. The van der Waals surface area contributed by atoms with E-state index in [1.807, 2.05) is 69.3 Å². The molecule has 0 bridgehead atoms. The van der Waals surface area contributed by atoms with Crippen LogP contribution in [0.4, 0.5) is 10.8 Å². The second kappa shape index (κ2) is 17.9. The van der Waals surface area contributed by atoms with Gasteiger partial charge in [0.15, 0.2) is 5.13 Å². The zero-order valence-corrected chi connectivity index (χ0v) is 24.4. The lowest BCUT2D eigenvalue weighted by Crippen LogP contribution is -2.33. The van der Waals surface area contributed by atoms with Crippen molar-refractivity contribution in [1.29, 1.82) is 0 Å². The van der Waals surface area contributed by atoms with E-state index in [0.29, 0.717) is 30.4 Å². The van der Waals surface area contributed by atoms with Crippen LogP contribution in [0.5, 0.6) is 5.75 Å².